The molecule has 0 unspecified atom stereocenters. The Bertz CT molecular complexity index is 714. The molecular weight excluding hydrogens is 292 g/mol. The maximum Gasteiger partial charge on any atom is 0.241 e. The minimum absolute atomic E-state index is 0.231. The van der Waals surface area contributed by atoms with E-state index < -0.39 is 10.0 Å². The highest BCUT2D eigenvalue weighted by Crippen LogP contribution is 2.19. The van der Waals surface area contributed by atoms with Crippen LogP contribution in [0.1, 0.15) is 26.7 Å². The van der Waals surface area contributed by atoms with Gasteiger partial charge in [0.15, 0.2) is 0 Å². The van der Waals surface area contributed by atoms with E-state index in [1.54, 1.807) is 13.0 Å². The maximum absolute atomic E-state index is 12.3. The third-order valence-corrected chi connectivity index (χ3v) is 5.74. The summed E-state index contributed by atoms with van der Waals surface area (Å²) in [7, 11) is -3.50. The summed E-state index contributed by atoms with van der Waals surface area (Å²) in [5.41, 5.74) is 2.63. The molecule has 0 radical (unpaired) electrons. The van der Waals surface area contributed by atoms with E-state index in [1.807, 2.05) is 32.9 Å². The quantitative estimate of drug-likeness (QED) is 0.944. The van der Waals surface area contributed by atoms with Crippen molar-refractivity contribution in [3.05, 3.63) is 44.9 Å². The number of hydrogen-bond donors (Lipinski definition) is 1. The first kappa shape index (κ1) is 15.2. The van der Waals surface area contributed by atoms with Crippen LogP contribution in [0.4, 0.5) is 0 Å². The third-order valence-electron chi connectivity index (χ3n) is 3.12. The highest BCUT2D eigenvalue weighted by atomic mass is 32.2. The molecular formula is C14H18N2O2S2. The highest BCUT2D eigenvalue weighted by Gasteiger charge is 2.17. The molecule has 108 valence electrons. The van der Waals surface area contributed by atoms with Crippen LogP contribution in [0.25, 0.3) is 0 Å². The van der Waals surface area contributed by atoms with Gasteiger partial charge in [0, 0.05) is 4.88 Å². The lowest BCUT2D eigenvalue weighted by Gasteiger charge is -2.09. The lowest BCUT2D eigenvalue weighted by molar-refractivity contribution is 0.580. The van der Waals surface area contributed by atoms with Gasteiger partial charge >= 0.3 is 0 Å². The van der Waals surface area contributed by atoms with Crippen LogP contribution in [0.5, 0.6) is 0 Å². The maximum atomic E-state index is 12.3. The molecule has 4 nitrogen and oxygen atoms in total. The van der Waals surface area contributed by atoms with Crippen molar-refractivity contribution in [2.24, 2.45) is 0 Å². The van der Waals surface area contributed by atoms with Crippen LogP contribution >= 0.6 is 11.3 Å². The first-order valence-electron chi connectivity index (χ1n) is 6.29. The van der Waals surface area contributed by atoms with E-state index in [1.165, 1.54) is 11.3 Å². The van der Waals surface area contributed by atoms with Gasteiger partial charge in [0.1, 0.15) is 5.01 Å². The Morgan fingerprint density at radius 2 is 1.90 bits per heavy atom. The van der Waals surface area contributed by atoms with Crippen molar-refractivity contribution in [3.8, 4) is 0 Å². The number of hydrogen-bond acceptors (Lipinski definition) is 4. The molecule has 0 aliphatic carbocycles. The normalized spacial score (nSPS) is 11.8. The number of benzene rings is 1. The van der Waals surface area contributed by atoms with Gasteiger partial charge in [0.25, 0.3) is 0 Å². The lowest BCUT2D eigenvalue weighted by Crippen LogP contribution is -2.24. The zero-order chi connectivity index (χ0) is 14.9. The molecule has 1 aromatic carbocycles. The summed E-state index contributed by atoms with van der Waals surface area (Å²) in [4.78, 5) is 5.79. The molecule has 2 aromatic rings. The molecule has 6 heteroatoms. The Kier molecular flexibility index (Phi) is 4.27. The van der Waals surface area contributed by atoms with Crippen molar-refractivity contribution < 1.29 is 8.42 Å². The number of aryl methyl sites for hydroxylation is 4. The summed E-state index contributed by atoms with van der Waals surface area (Å²) in [5, 5.41) is 0.786. The molecule has 0 amide bonds. The zero-order valence-electron chi connectivity index (χ0n) is 12.0. The molecule has 0 atom stereocenters. The summed E-state index contributed by atoms with van der Waals surface area (Å²) in [6.45, 7) is 7.82. The summed E-state index contributed by atoms with van der Waals surface area (Å²) in [6, 6.07) is 5.42. The predicted octanol–water partition coefficient (Wildman–Crippen LogP) is 2.86. The van der Waals surface area contributed by atoms with E-state index in [9.17, 15) is 8.42 Å². The smallest absolute Gasteiger partial charge is 0.241 e. The van der Waals surface area contributed by atoms with Gasteiger partial charge in [0.2, 0.25) is 10.0 Å². The van der Waals surface area contributed by atoms with E-state index in [-0.39, 0.29) is 6.54 Å². The Morgan fingerprint density at radius 1 is 1.20 bits per heavy atom. The predicted molar refractivity (Wildman–Crippen MR) is 81.5 cm³/mol. The molecule has 1 heterocycles. The van der Waals surface area contributed by atoms with Crippen molar-refractivity contribution in [3.63, 3.8) is 0 Å². The fourth-order valence-corrected chi connectivity index (χ4v) is 4.13. The lowest BCUT2D eigenvalue weighted by atomic mass is 10.2. The Hall–Kier alpha value is -1.24. The number of sulfonamides is 1. The van der Waals surface area contributed by atoms with Gasteiger partial charge in [-0.2, -0.15) is 0 Å². The monoisotopic (exact) mass is 310 g/mol. The molecule has 1 N–H and O–H groups in total. The number of nitrogens with zero attached hydrogens (tertiary/aromatic N) is 1. The van der Waals surface area contributed by atoms with Crippen LogP contribution < -0.4 is 4.72 Å². The van der Waals surface area contributed by atoms with E-state index >= 15 is 0 Å². The van der Waals surface area contributed by atoms with Crippen molar-refractivity contribution in [2.75, 3.05) is 0 Å². The van der Waals surface area contributed by atoms with Gasteiger partial charge in [-0.1, -0.05) is 12.1 Å². The fourth-order valence-electron chi connectivity index (χ4n) is 1.85. The van der Waals surface area contributed by atoms with Gasteiger partial charge in [-0.25, -0.2) is 18.1 Å². The van der Waals surface area contributed by atoms with Gasteiger partial charge in [0.05, 0.1) is 17.1 Å². The second-order valence-corrected chi connectivity index (χ2v) is 7.87. The molecule has 0 spiro atoms. The fraction of sp³-hybridized carbons (Fsp3) is 0.357. The van der Waals surface area contributed by atoms with E-state index in [4.69, 9.17) is 0 Å². The standard InChI is InChI=1S/C14H18N2O2S2/c1-9-5-6-10(2)13(7-9)20(17,18)15-8-14-16-11(3)12(4)19-14/h5-7,15H,8H2,1-4H3. The van der Waals surface area contributed by atoms with E-state index in [2.05, 4.69) is 9.71 Å². The number of thiazole rings is 1. The summed E-state index contributed by atoms with van der Waals surface area (Å²) in [6.07, 6.45) is 0. The van der Waals surface area contributed by atoms with E-state index in [0.29, 0.717) is 4.90 Å². The first-order chi connectivity index (χ1) is 9.29. The SMILES string of the molecule is Cc1ccc(C)c(S(=O)(=O)NCc2nc(C)c(C)s2)c1. The van der Waals surface area contributed by atoms with Crippen LogP contribution in [0.15, 0.2) is 23.1 Å². The third kappa shape index (κ3) is 3.26. The van der Waals surface area contributed by atoms with Crippen molar-refractivity contribution in [2.45, 2.75) is 39.1 Å². The molecule has 0 bridgehead atoms. The Morgan fingerprint density at radius 3 is 2.50 bits per heavy atom. The molecule has 0 aliphatic heterocycles. The van der Waals surface area contributed by atoms with Crippen molar-refractivity contribution in [1.82, 2.24) is 9.71 Å². The number of aromatic nitrogens is 1. The highest BCUT2D eigenvalue weighted by molar-refractivity contribution is 7.89. The summed E-state index contributed by atoms with van der Waals surface area (Å²) >= 11 is 1.52. The minimum Gasteiger partial charge on any atom is -0.245 e. The molecule has 20 heavy (non-hydrogen) atoms. The van der Waals surface area contributed by atoms with Gasteiger partial charge < -0.3 is 0 Å². The Balaban J connectivity index is 2.21. The molecule has 2 rings (SSSR count). The minimum atomic E-state index is -3.50. The van der Waals surface area contributed by atoms with Crippen molar-refractivity contribution >= 4 is 21.4 Å². The summed E-state index contributed by atoms with van der Waals surface area (Å²) in [5.74, 6) is 0. The topological polar surface area (TPSA) is 59.1 Å². The second kappa shape index (κ2) is 5.63. The number of rotatable bonds is 4. The molecule has 0 saturated carbocycles. The molecule has 0 saturated heterocycles. The van der Waals surface area contributed by atoms with Crippen molar-refractivity contribution in [1.29, 1.82) is 0 Å². The van der Waals surface area contributed by atoms with E-state index in [0.717, 1.165) is 26.7 Å². The summed E-state index contributed by atoms with van der Waals surface area (Å²) < 4.78 is 27.3. The largest absolute Gasteiger partial charge is 0.245 e. The van der Waals surface area contributed by atoms with Crippen LogP contribution in [-0.4, -0.2) is 13.4 Å². The van der Waals surface area contributed by atoms with Gasteiger partial charge in [-0.05, 0) is 44.9 Å². The van der Waals surface area contributed by atoms with Crippen LogP contribution in [0.2, 0.25) is 0 Å². The van der Waals surface area contributed by atoms with Crippen LogP contribution in [-0.2, 0) is 16.6 Å². The van der Waals surface area contributed by atoms with Crippen LogP contribution in [0.3, 0.4) is 0 Å². The van der Waals surface area contributed by atoms with Gasteiger partial charge in [-0.15, -0.1) is 11.3 Å². The Labute approximate surface area is 123 Å². The second-order valence-electron chi connectivity index (χ2n) is 4.84. The number of nitrogens with one attached hydrogen (secondary N) is 1. The molecule has 0 aliphatic rings. The average Bonchev–Trinajstić information content (AvgIpc) is 2.69. The average molecular weight is 310 g/mol. The first-order valence-corrected chi connectivity index (χ1v) is 8.59. The molecule has 1 aromatic heterocycles. The van der Waals surface area contributed by atoms with Gasteiger partial charge in [-0.3, -0.25) is 0 Å². The molecule has 0 fully saturated rings. The van der Waals surface area contributed by atoms with Crippen LogP contribution in [0, 0.1) is 27.7 Å². The zero-order valence-corrected chi connectivity index (χ0v) is 13.7.